The zero-order valence-electron chi connectivity index (χ0n) is 13.8. The molecule has 1 amide bonds. The molecule has 1 atom stereocenters. The number of carbonyl (C=O) groups excluding carboxylic acids is 1. The van der Waals surface area contributed by atoms with Gasteiger partial charge in [-0.15, -0.1) is 0 Å². The van der Waals surface area contributed by atoms with Crippen LogP contribution in [0.5, 0.6) is 0 Å². The number of hydrogen-bond acceptors (Lipinski definition) is 1. The van der Waals surface area contributed by atoms with Gasteiger partial charge in [0.1, 0.15) is 0 Å². The first-order chi connectivity index (χ1) is 11.1. The number of carbonyl (C=O) groups is 1. The van der Waals surface area contributed by atoms with E-state index >= 15 is 0 Å². The molecular weight excluding hydrogens is 282 g/mol. The molecule has 2 aromatic rings. The van der Waals surface area contributed by atoms with Gasteiger partial charge in [-0.3, -0.25) is 4.79 Å². The molecule has 1 aliphatic rings. The molecule has 0 saturated heterocycles. The Hall–Kier alpha value is -2.35. The second-order valence-electron chi connectivity index (χ2n) is 6.50. The van der Waals surface area contributed by atoms with Gasteiger partial charge in [0.25, 0.3) is 0 Å². The van der Waals surface area contributed by atoms with Gasteiger partial charge in [-0.25, -0.2) is 0 Å². The molecule has 0 fully saturated rings. The molecule has 2 aromatic carbocycles. The van der Waals surface area contributed by atoms with Gasteiger partial charge in [-0.05, 0) is 34.2 Å². The molecule has 0 radical (unpaired) electrons. The summed E-state index contributed by atoms with van der Waals surface area (Å²) in [6.07, 6.45) is 1.41. The number of amides is 1. The summed E-state index contributed by atoms with van der Waals surface area (Å²) < 4.78 is 0. The average Bonchev–Trinajstić information content (AvgIpc) is 2.60. The number of nitrogens with zero attached hydrogens (tertiary/aromatic N) is 1. The monoisotopic (exact) mass is 305 g/mol. The van der Waals surface area contributed by atoms with E-state index in [1.165, 1.54) is 28.3 Å². The van der Waals surface area contributed by atoms with Crippen LogP contribution in [0.4, 0.5) is 0 Å². The number of benzene rings is 2. The predicted octanol–water partition coefficient (Wildman–Crippen LogP) is 4.47. The van der Waals surface area contributed by atoms with Gasteiger partial charge < -0.3 is 4.90 Å². The molecule has 0 N–H and O–H groups in total. The topological polar surface area (TPSA) is 20.3 Å². The van der Waals surface area contributed by atoms with Crippen LogP contribution >= 0.6 is 0 Å². The second-order valence-corrected chi connectivity index (χ2v) is 6.50. The first-order valence-electron chi connectivity index (χ1n) is 8.19. The van der Waals surface area contributed by atoms with E-state index in [2.05, 4.69) is 62.9 Å². The van der Waals surface area contributed by atoms with Gasteiger partial charge >= 0.3 is 0 Å². The average molecular weight is 305 g/mol. The fraction of sp³-hybridized carbons (Fsp3) is 0.286. The van der Waals surface area contributed by atoms with Gasteiger partial charge in [0.15, 0.2) is 0 Å². The molecule has 1 heterocycles. The van der Waals surface area contributed by atoms with Crippen LogP contribution in [-0.2, 0) is 11.3 Å². The summed E-state index contributed by atoms with van der Waals surface area (Å²) in [7, 11) is 0. The van der Waals surface area contributed by atoms with Crippen molar-refractivity contribution in [3.05, 3.63) is 83.4 Å². The largest absolute Gasteiger partial charge is 0.334 e. The molecule has 1 aliphatic heterocycles. The summed E-state index contributed by atoms with van der Waals surface area (Å²) in [4.78, 5) is 14.0. The minimum atomic E-state index is 0.00418. The Morgan fingerprint density at radius 3 is 2.61 bits per heavy atom. The summed E-state index contributed by atoms with van der Waals surface area (Å²) in [6, 6.07) is 17.2. The van der Waals surface area contributed by atoms with Crippen molar-refractivity contribution >= 4 is 5.91 Å². The van der Waals surface area contributed by atoms with Crippen LogP contribution in [0.25, 0.3) is 0 Å². The van der Waals surface area contributed by atoms with Crippen molar-refractivity contribution in [3.63, 3.8) is 0 Å². The Morgan fingerprint density at radius 2 is 1.96 bits per heavy atom. The summed E-state index contributed by atoms with van der Waals surface area (Å²) in [5, 5.41) is 0. The Balaban J connectivity index is 2.08. The van der Waals surface area contributed by atoms with Crippen molar-refractivity contribution in [3.8, 4) is 0 Å². The fourth-order valence-corrected chi connectivity index (χ4v) is 3.30. The van der Waals surface area contributed by atoms with E-state index in [1.807, 2.05) is 11.0 Å². The lowest BCUT2D eigenvalue weighted by molar-refractivity contribution is -0.127. The van der Waals surface area contributed by atoms with Crippen LogP contribution in [0.1, 0.15) is 47.9 Å². The van der Waals surface area contributed by atoms with Gasteiger partial charge in [-0.2, -0.15) is 0 Å². The lowest BCUT2D eigenvalue weighted by Crippen LogP contribution is -2.37. The molecular formula is C21H23NO. The van der Waals surface area contributed by atoms with Crippen LogP contribution in [-0.4, -0.2) is 17.4 Å². The van der Waals surface area contributed by atoms with E-state index in [9.17, 15) is 4.79 Å². The number of rotatable bonds is 3. The molecule has 118 valence electrons. The second kappa shape index (κ2) is 6.41. The molecule has 2 heteroatoms. The molecule has 0 aromatic heterocycles. The molecule has 0 bridgehead atoms. The normalized spacial score (nSPS) is 17.0. The number of fused-ring (bicyclic) bond motifs is 1. The summed E-state index contributed by atoms with van der Waals surface area (Å²) >= 11 is 0. The Morgan fingerprint density at radius 1 is 1.22 bits per heavy atom. The van der Waals surface area contributed by atoms with Crippen molar-refractivity contribution < 1.29 is 4.79 Å². The highest BCUT2D eigenvalue weighted by atomic mass is 16.2. The summed E-state index contributed by atoms with van der Waals surface area (Å²) in [6.45, 7) is 9.45. The van der Waals surface area contributed by atoms with E-state index in [0.717, 1.165) is 0 Å². The number of hydrogen-bond donors (Lipinski definition) is 0. The van der Waals surface area contributed by atoms with Crippen LogP contribution in [0, 0.1) is 0 Å². The highest BCUT2D eigenvalue weighted by Crippen LogP contribution is 2.35. The smallest absolute Gasteiger partial charge is 0.246 e. The van der Waals surface area contributed by atoms with Gasteiger partial charge in [0.2, 0.25) is 5.91 Å². The van der Waals surface area contributed by atoms with Gasteiger partial charge in [-0.1, -0.05) is 69.0 Å². The first-order valence-corrected chi connectivity index (χ1v) is 8.19. The predicted molar refractivity (Wildman–Crippen MR) is 94.4 cm³/mol. The van der Waals surface area contributed by atoms with Crippen molar-refractivity contribution in [1.29, 1.82) is 0 Å². The molecule has 2 nitrogen and oxygen atoms in total. The van der Waals surface area contributed by atoms with E-state index in [4.69, 9.17) is 0 Å². The lowest BCUT2D eigenvalue weighted by Gasteiger charge is -2.35. The quantitative estimate of drug-likeness (QED) is 0.766. The molecule has 0 saturated carbocycles. The Bertz CT molecular complexity index is 718. The maximum atomic E-state index is 12.1. The third-order valence-electron chi connectivity index (χ3n) is 4.66. The minimum absolute atomic E-state index is 0.00418. The summed E-state index contributed by atoms with van der Waals surface area (Å²) in [5.74, 6) is 0.733. The standard InChI is InChI=1S/C21H23NO/c1-4-21(23)22-13-18-11-10-17(15(2)3)12-19(18)20(14-22)16-8-6-5-7-9-16/h4-12,15,20H,1,13-14H2,2-3H3/t20-/m1/s1. The molecule has 3 rings (SSSR count). The minimum Gasteiger partial charge on any atom is -0.334 e. The zero-order valence-corrected chi connectivity index (χ0v) is 13.8. The van der Waals surface area contributed by atoms with Crippen molar-refractivity contribution in [2.24, 2.45) is 0 Å². The highest BCUT2D eigenvalue weighted by molar-refractivity contribution is 5.87. The van der Waals surface area contributed by atoms with E-state index in [1.54, 1.807) is 0 Å². The van der Waals surface area contributed by atoms with Crippen molar-refractivity contribution in [1.82, 2.24) is 4.90 Å². The zero-order chi connectivity index (χ0) is 16.4. The van der Waals surface area contributed by atoms with Crippen LogP contribution in [0.15, 0.2) is 61.2 Å². The van der Waals surface area contributed by atoms with Crippen LogP contribution < -0.4 is 0 Å². The fourth-order valence-electron chi connectivity index (χ4n) is 3.30. The third kappa shape index (κ3) is 3.07. The van der Waals surface area contributed by atoms with E-state index in [-0.39, 0.29) is 11.8 Å². The molecule has 0 unspecified atom stereocenters. The molecule has 23 heavy (non-hydrogen) atoms. The lowest BCUT2D eigenvalue weighted by atomic mass is 9.82. The van der Waals surface area contributed by atoms with Gasteiger partial charge in [0, 0.05) is 19.0 Å². The highest BCUT2D eigenvalue weighted by Gasteiger charge is 2.28. The van der Waals surface area contributed by atoms with Crippen molar-refractivity contribution in [2.45, 2.75) is 32.2 Å². The molecule has 0 aliphatic carbocycles. The maximum Gasteiger partial charge on any atom is 0.246 e. The molecule has 0 spiro atoms. The van der Waals surface area contributed by atoms with E-state index in [0.29, 0.717) is 19.0 Å². The van der Waals surface area contributed by atoms with Gasteiger partial charge in [0.05, 0.1) is 0 Å². The van der Waals surface area contributed by atoms with Crippen molar-refractivity contribution in [2.75, 3.05) is 6.54 Å². The Labute approximate surface area is 138 Å². The van der Waals surface area contributed by atoms with E-state index < -0.39 is 0 Å². The third-order valence-corrected chi connectivity index (χ3v) is 4.66. The maximum absolute atomic E-state index is 12.1. The SMILES string of the molecule is C=CC(=O)N1Cc2ccc(C(C)C)cc2[C@@H](c2ccccc2)C1. The van der Waals surface area contributed by atoms with Crippen LogP contribution in [0.3, 0.4) is 0 Å². The summed E-state index contributed by atoms with van der Waals surface area (Å²) in [5.41, 5.74) is 5.21. The first kappa shape index (κ1) is 15.5. The Kier molecular flexibility index (Phi) is 4.33. The van der Waals surface area contributed by atoms with Crippen LogP contribution in [0.2, 0.25) is 0 Å².